The number of hydrogen-bond acceptors (Lipinski definition) is 4. The molecular weight excluding hydrogens is 373 g/mol. The molecule has 0 saturated heterocycles. The van der Waals surface area contributed by atoms with Crippen molar-refractivity contribution in [2.24, 2.45) is 0 Å². The van der Waals surface area contributed by atoms with Crippen LogP contribution in [0, 0.1) is 0 Å². The van der Waals surface area contributed by atoms with Gasteiger partial charge in [-0.25, -0.2) is 4.98 Å². The Labute approximate surface area is 158 Å². The smallest absolute Gasteiger partial charge is 0.252 e. The molecule has 0 saturated carbocycles. The van der Waals surface area contributed by atoms with E-state index in [9.17, 15) is 4.79 Å². The number of fused-ring (bicyclic) bond motifs is 1. The van der Waals surface area contributed by atoms with E-state index in [-0.39, 0.29) is 0 Å². The van der Waals surface area contributed by atoms with Crippen LogP contribution < -0.4 is 4.74 Å². The van der Waals surface area contributed by atoms with Crippen LogP contribution in [0.2, 0.25) is 5.02 Å². The van der Waals surface area contributed by atoms with E-state index in [1.807, 2.05) is 0 Å². The average molecular weight is 384 g/mol. The van der Waals surface area contributed by atoms with Gasteiger partial charge in [-0.1, -0.05) is 11.6 Å². The van der Waals surface area contributed by atoms with Gasteiger partial charge in [-0.2, -0.15) is 0 Å². The lowest BCUT2D eigenvalue weighted by molar-refractivity contribution is 0.108. The summed E-state index contributed by atoms with van der Waals surface area (Å²) in [6.45, 7) is 0. The summed E-state index contributed by atoms with van der Waals surface area (Å²) in [5.74, 6) is 1.78. The van der Waals surface area contributed by atoms with Gasteiger partial charge in [0, 0.05) is 22.2 Å². The van der Waals surface area contributed by atoms with E-state index in [1.165, 1.54) is 0 Å². The molecule has 6 heteroatoms. The van der Waals surface area contributed by atoms with Crippen LogP contribution in [0.25, 0.3) is 22.6 Å². The van der Waals surface area contributed by atoms with Crippen molar-refractivity contribution in [2.45, 2.75) is 0 Å². The minimum absolute atomic E-state index is 0.421. The molecule has 0 aliphatic carbocycles. The number of hydrogen-bond donors (Lipinski definition) is 0. The van der Waals surface area contributed by atoms with Gasteiger partial charge in [0.15, 0.2) is 5.58 Å². The van der Waals surface area contributed by atoms with Crippen LogP contribution in [-0.4, -0.2) is 10.2 Å². The molecule has 0 N–H and O–H groups in total. The second-order valence-corrected chi connectivity index (χ2v) is 6.34. The number of nitrogens with zero attached hydrogens (tertiary/aromatic N) is 1. The monoisotopic (exact) mass is 383 g/mol. The first-order chi connectivity index (χ1) is 12.6. The van der Waals surface area contributed by atoms with Crippen molar-refractivity contribution in [3.8, 4) is 23.0 Å². The Bertz CT molecular complexity index is 1090. The number of carbonyl (C=O) groups is 1. The van der Waals surface area contributed by atoms with Gasteiger partial charge in [-0.3, -0.25) is 4.79 Å². The molecule has 3 aromatic carbocycles. The molecule has 0 unspecified atom stereocenters. The lowest BCUT2D eigenvalue weighted by Gasteiger charge is -2.04. The van der Waals surface area contributed by atoms with Crippen molar-refractivity contribution >= 4 is 39.5 Å². The summed E-state index contributed by atoms with van der Waals surface area (Å²) in [4.78, 5) is 15.6. The lowest BCUT2D eigenvalue weighted by Crippen LogP contribution is -1.87. The fourth-order valence-corrected chi connectivity index (χ4v) is 2.73. The summed E-state index contributed by atoms with van der Waals surface area (Å²) >= 11 is 11.3. The van der Waals surface area contributed by atoms with Crippen molar-refractivity contribution in [1.29, 1.82) is 0 Å². The summed E-state index contributed by atoms with van der Waals surface area (Å²) < 4.78 is 11.6. The third-order valence-electron chi connectivity index (χ3n) is 3.77. The first kappa shape index (κ1) is 16.6. The second kappa shape index (κ2) is 6.83. The van der Waals surface area contributed by atoms with Crippen molar-refractivity contribution in [3.05, 3.63) is 77.3 Å². The molecule has 128 valence electrons. The highest BCUT2D eigenvalue weighted by Gasteiger charge is 2.10. The summed E-state index contributed by atoms with van der Waals surface area (Å²) in [6.07, 6.45) is 0. The predicted octanol–water partition coefficient (Wildman–Crippen LogP) is 6.32. The zero-order chi connectivity index (χ0) is 18.1. The number of benzene rings is 3. The standard InChI is InChI=1S/C20H11Cl2NO3/c21-14-5-7-15(8-6-14)25-16-9-10-18-17(11-16)23-20(26-18)13-3-1-12(2-4-13)19(22)24/h1-11H. The fraction of sp³-hybridized carbons (Fsp3) is 0. The van der Waals surface area contributed by atoms with Gasteiger partial charge in [0.05, 0.1) is 0 Å². The number of ether oxygens (including phenoxy) is 1. The van der Waals surface area contributed by atoms with Gasteiger partial charge in [-0.15, -0.1) is 0 Å². The first-order valence-corrected chi connectivity index (χ1v) is 8.48. The molecule has 0 fully saturated rings. The highest BCUT2D eigenvalue weighted by atomic mass is 35.5. The number of carbonyl (C=O) groups excluding carboxylic acids is 1. The Hall–Kier alpha value is -2.82. The highest BCUT2D eigenvalue weighted by molar-refractivity contribution is 6.67. The van der Waals surface area contributed by atoms with Gasteiger partial charge in [-0.05, 0) is 72.3 Å². The van der Waals surface area contributed by atoms with E-state index in [2.05, 4.69) is 4.98 Å². The zero-order valence-electron chi connectivity index (χ0n) is 13.3. The molecule has 1 aromatic heterocycles. The second-order valence-electron chi connectivity index (χ2n) is 5.56. The summed E-state index contributed by atoms with van der Waals surface area (Å²) in [7, 11) is 0. The largest absolute Gasteiger partial charge is 0.457 e. The lowest BCUT2D eigenvalue weighted by atomic mass is 10.1. The van der Waals surface area contributed by atoms with Crippen LogP contribution in [0.5, 0.6) is 11.5 Å². The third-order valence-corrected chi connectivity index (χ3v) is 4.24. The molecule has 0 aliphatic heterocycles. The van der Waals surface area contributed by atoms with E-state index in [0.717, 1.165) is 5.56 Å². The van der Waals surface area contributed by atoms with Crippen LogP contribution in [0.4, 0.5) is 0 Å². The maximum Gasteiger partial charge on any atom is 0.252 e. The Kier molecular flexibility index (Phi) is 4.37. The van der Waals surface area contributed by atoms with Crippen LogP contribution >= 0.6 is 23.2 Å². The molecule has 0 aliphatic rings. The topological polar surface area (TPSA) is 52.3 Å². The number of halogens is 2. The molecule has 4 nitrogen and oxygen atoms in total. The number of rotatable bonds is 4. The van der Waals surface area contributed by atoms with E-state index in [4.69, 9.17) is 32.4 Å². The summed E-state index contributed by atoms with van der Waals surface area (Å²) in [5, 5.41) is 0.147. The molecule has 1 heterocycles. The molecule has 0 radical (unpaired) electrons. The molecule has 0 atom stereocenters. The highest BCUT2D eigenvalue weighted by Crippen LogP contribution is 2.29. The fourth-order valence-electron chi connectivity index (χ4n) is 2.48. The average Bonchev–Trinajstić information content (AvgIpc) is 3.07. The van der Waals surface area contributed by atoms with Crippen LogP contribution in [0.1, 0.15) is 10.4 Å². The van der Waals surface area contributed by atoms with Crippen molar-refractivity contribution < 1.29 is 13.9 Å². The minimum Gasteiger partial charge on any atom is -0.457 e. The van der Waals surface area contributed by atoms with Gasteiger partial charge >= 0.3 is 0 Å². The Morgan fingerprint density at radius 1 is 0.923 bits per heavy atom. The molecule has 0 amide bonds. The Morgan fingerprint density at radius 3 is 2.31 bits per heavy atom. The van der Waals surface area contributed by atoms with Crippen molar-refractivity contribution in [1.82, 2.24) is 4.98 Å². The normalized spacial score (nSPS) is 10.8. The van der Waals surface area contributed by atoms with Crippen molar-refractivity contribution in [2.75, 3.05) is 0 Å². The quantitative estimate of drug-likeness (QED) is 0.387. The van der Waals surface area contributed by atoms with Crippen LogP contribution in [0.15, 0.2) is 71.1 Å². The van der Waals surface area contributed by atoms with E-state index < -0.39 is 5.24 Å². The number of aromatic nitrogens is 1. The maximum absolute atomic E-state index is 11.1. The van der Waals surface area contributed by atoms with Crippen LogP contribution in [-0.2, 0) is 0 Å². The van der Waals surface area contributed by atoms with Gasteiger partial charge in [0.1, 0.15) is 17.0 Å². The third kappa shape index (κ3) is 3.43. The molecule has 26 heavy (non-hydrogen) atoms. The summed E-state index contributed by atoms with van der Waals surface area (Å²) in [6, 6.07) is 19.3. The van der Waals surface area contributed by atoms with E-state index >= 15 is 0 Å². The van der Waals surface area contributed by atoms with Crippen molar-refractivity contribution in [3.63, 3.8) is 0 Å². The number of oxazole rings is 1. The van der Waals surface area contributed by atoms with Gasteiger partial charge < -0.3 is 9.15 Å². The first-order valence-electron chi connectivity index (χ1n) is 7.73. The van der Waals surface area contributed by atoms with Crippen LogP contribution in [0.3, 0.4) is 0 Å². The maximum atomic E-state index is 11.1. The molecule has 4 rings (SSSR count). The zero-order valence-corrected chi connectivity index (χ0v) is 14.8. The van der Waals surface area contributed by atoms with E-state index in [0.29, 0.717) is 39.1 Å². The Morgan fingerprint density at radius 2 is 1.62 bits per heavy atom. The van der Waals surface area contributed by atoms with Gasteiger partial charge in [0.25, 0.3) is 5.24 Å². The summed E-state index contributed by atoms with van der Waals surface area (Å²) in [5.41, 5.74) is 2.48. The molecular formula is C20H11Cl2NO3. The van der Waals surface area contributed by atoms with E-state index in [1.54, 1.807) is 66.7 Å². The SMILES string of the molecule is O=C(Cl)c1ccc(-c2nc3cc(Oc4ccc(Cl)cc4)ccc3o2)cc1. The predicted molar refractivity (Wildman–Crippen MR) is 101 cm³/mol. The molecule has 0 spiro atoms. The molecule has 0 bridgehead atoms. The van der Waals surface area contributed by atoms with Gasteiger partial charge in [0.2, 0.25) is 5.89 Å². The molecule has 4 aromatic rings. The Balaban J connectivity index is 1.63. The minimum atomic E-state index is -0.502.